The van der Waals surface area contributed by atoms with Crippen molar-refractivity contribution in [3.8, 4) is 11.5 Å². The van der Waals surface area contributed by atoms with E-state index in [1.807, 2.05) is 11.5 Å². The van der Waals surface area contributed by atoms with Crippen LogP contribution < -0.4 is 20.2 Å². The lowest BCUT2D eigenvalue weighted by Gasteiger charge is -2.13. The average molecular weight is 585 g/mol. The first-order chi connectivity index (χ1) is 17.1. The van der Waals surface area contributed by atoms with Crippen molar-refractivity contribution < 1.29 is 32.2 Å². The molecular formula is C24H18BrClF3N3O4. The van der Waals surface area contributed by atoms with Gasteiger partial charge < -0.3 is 14.8 Å². The minimum Gasteiger partial charge on any atom is -0.493 e. The van der Waals surface area contributed by atoms with Crippen molar-refractivity contribution in [2.24, 2.45) is 5.10 Å². The molecule has 3 aromatic rings. The largest absolute Gasteiger partial charge is 0.493 e. The molecule has 0 atom stereocenters. The van der Waals surface area contributed by atoms with Gasteiger partial charge in [-0.15, -0.1) is 0 Å². The van der Waals surface area contributed by atoms with Gasteiger partial charge in [-0.3, -0.25) is 9.59 Å². The second kappa shape index (κ2) is 11.9. The van der Waals surface area contributed by atoms with E-state index in [0.717, 1.165) is 17.7 Å². The summed E-state index contributed by atoms with van der Waals surface area (Å²) in [7, 11) is 1.45. The Morgan fingerprint density at radius 2 is 1.83 bits per heavy atom. The fourth-order valence-electron chi connectivity index (χ4n) is 2.91. The summed E-state index contributed by atoms with van der Waals surface area (Å²) in [6.07, 6.45) is -3.33. The van der Waals surface area contributed by atoms with Crippen LogP contribution in [-0.4, -0.2) is 25.1 Å². The number of halogens is 5. The van der Waals surface area contributed by atoms with Crippen LogP contribution in [0.15, 0.2) is 70.2 Å². The van der Waals surface area contributed by atoms with Gasteiger partial charge in [-0.25, -0.2) is 5.43 Å². The highest BCUT2D eigenvalue weighted by molar-refractivity contribution is 9.10. The van der Waals surface area contributed by atoms with Crippen LogP contribution in [0.25, 0.3) is 0 Å². The van der Waals surface area contributed by atoms with Gasteiger partial charge in [-0.05, 0) is 69.5 Å². The number of methoxy groups -OCH3 is 1. The van der Waals surface area contributed by atoms with Crippen LogP contribution in [0.1, 0.15) is 16.7 Å². The topological polar surface area (TPSA) is 89.0 Å². The molecule has 0 radical (unpaired) electrons. The molecule has 3 rings (SSSR count). The van der Waals surface area contributed by atoms with Gasteiger partial charge in [0.05, 0.1) is 23.4 Å². The molecule has 3 aromatic carbocycles. The van der Waals surface area contributed by atoms with Crippen molar-refractivity contribution in [1.29, 1.82) is 0 Å². The van der Waals surface area contributed by atoms with E-state index in [2.05, 4.69) is 26.3 Å². The van der Waals surface area contributed by atoms with Gasteiger partial charge in [0.1, 0.15) is 6.61 Å². The summed E-state index contributed by atoms with van der Waals surface area (Å²) in [6, 6.07) is 14.3. The lowest BCUT2D eigenvalue weighted by Crippen LogP contribution is -2.32. The summed E-state index contributed by atoms with van der Waals surface area (Å²) in [5, 5.41) is 6.39. The van der Waals surface area contributed by atoms with E-state index >= 15 is 0 Å². The van der Waals surface area contributed by atoms with E-state index in [4.69, 9.17) is 21.1 Å². The minimum atomic E-state index is -4.58. The van der Waals surface area contributed by atoms with Gasteiger partial charge in [0.15, 0.2) is 11.5 Å². The van der Waals surface area contributed by atoms with Crippen LogP contribution in [0.4, 0.5) is 18.9 Å². The third-order valence-electron chi connectivity index (χ3n) is 4.56. The number of carbonyl (C=O) groups excluding carboxylic acids is 2. The minimum absolute atomic E-state index is 0.184. The number of carbonyl (C=O) groups is 2. The fourth-order valence-corrected chi connectivity index (χ4v) is 3.70. The predicted molar refractivity (Wildman–Crippen MR) is 132 cm³/mol. The Labute approximate surface area is 217 Å². The molecule has 0 aromatic heterocycles. The summed E-state index contributed by atoms with van der Waals surface area (Å²) < 4.78 is 50.2. The molecule has 12 heteroatoms. The number of benzene rings is 3. The van der Waals surface area contributed by atoms with Crippen LogP contribution >= 0.6 is 27.5 Å². The lowest BCUT2D eigenvalue weighted by molar-refractivity contribution is -0.137. The van der Waals surface area contributed by atoms with Crippen molar-refractivity contribution >= 4 is 51.2 Å². The molecule has 0 fully saturated rings. The Balaban J connectivity index is 1.62. The molecule has 7 nitrogen and oxygen atoms in total. The number of anilines is 1. The first-order valence-electron chi connectivity index (χ1n) is 10.1. The Hall–Kier alpha value is -3.57. The molecule has 0 spiro atoms. The van der Waals surface area contributed by atoms with Crippen molar-refractivity contribution in [3.63, 3.8) is 0 Å². The summed E-state index contributed by atoms with van der Waals surface area (Å²) in [5.41, 5.74) is 2.22. The van der Waals surface area contributed by atoms with Crippen molar-refractivity contribution in [2.75, 3.05) is 12.4 Å². The van der Waals surface area contributed by atoms with Gasteiger partial charge in [0.25, 0.3) is 0 Å². The maximum atomic E-state index is 12.8. The molecule has 188 valence electrons. The number of ether oxygens (including phenoxy) is 2. The van der Waals surface area contributed by atoms with Crippen molar-refractivity contribution in [3.05, 3.63) is 86.8 Å². The zero-order valence-electron chi connectivity index (χ0n) is 18.5. The van der Waals surface area contributed by atoms with E-state index in [1.165, 1.54) is 19.4 Å². The zero-order valence-corrected chi connectivity index (χ0v) is 20.9. The van der Waals surface area contributed by atoms with E-state index in [9.17, 15) is 22.8 Å². The van der Waals surface area contributed by atoms with Crippen molar-refractivity contribution in [2.45, 2.75) is 12.8 Å². The van der Waals surface area contributed by atoms with Crippen molar-refractivity contribution in [1.82, 2.24) is 5.43 Å². The third-order valence-corrected chi connectivity index (χ3v) is 5.38. The molecule has 2 amide bonds. The molecule has 0 aliphatic carbocycles. The average Bonchev–Trinajstić information content (AvgIpc) is 2.82. The van der Waals surface area contributed by atoms with Gasteiger partial charge in [-0.2, -0.15) is 18.3 Å². The van der Waals surface area contributed by atoms with E-state index in [0.29, 0.717) is 32.6 Å². The maximum Gasteiger partial charge on any atom is 0.416 e. The van der Waals surface area contributed by atoms with E-state index < -0.39 is 23.6 Å². The number of hydrogen-bond acceptors (Lipinski definition) is 5. The zero-order chi connectivity index (χ0) is 26.3. The fraction of sp³-hybridized carbons (Fsp3) is 0.125. The number of amides is 2. The van der Waals surface area contributed by atoms with Crippen LogP contribution in [0.5, 0.6) is 11.5 Å². The quantitative estimate of drug-likeness (QED) is 0.209. The number of nitrogens with zero attached hydrogens (tertiary/aromatic N) is 1. The molecule has 2 N–H and O–H groups in total. The number of alkyl halides is 3. The lowest BCUT2D eigenvalue weighted by atomic mass is 10.2. The normalized spacial score (nSPS) is 11.3. The standard InChI is InChI=1S/C24H18BrClF3N3O4/c1-35-20-10-15(9-19(25)21(20)36-13-14-4-2-6-17(26)8-14)12-30-32-23(34)22(33)31-18-7-3-5-16(11-18)24(27,28)29/h2-12H,13H2,1H3,(H,31,33)(H,32,34)/b30-12+. The van der Waals surface area contributed by atoms with Gasteiger partial charge >= 0.3 is 18.0 Å². The summed E-state index contributed by atoms with van der Waals surface area (Å²) >= 11 is 9.39. The van der Waals surface area contributed by atoms with E-state index in [-0.39, 0.29) is 12.3 Å². The molecule has 0 saturated carbocycles. The SMILES string of the molecule is COc1cc(/C=N/NC(=O)C(=O)Nc2cccc(C(F)(F)F)c2)cc(Br)c1OCc1cccc(Cl)c1. The molecule has 0 heterocycles. The molecule has 0 bridgehead atoms. The van der Waals surface area contributed by atoms with E-state index in [1.54, 1.807) is 30.3 Å². The second-order valence-electron chi connectivity index (χ2n) is 7.18. The molecule has 36 heavy (non-hydrogen) atoms. The molecule has 0 aliphatic heterocycles. The third kappa shape index (κ3) is 7.46. The summed E-state index contributed by atoms with van der Waals surface area (Å²) in [6.45, 7) is 0.236. The number of nitrogens with one attached hydrogen (secondary N) is 2. The van der Waals surface area contributed by atoms with Crippen LogP contribution in [-0.2, 0) is 22.4 Å². The molecular weight excluding hydrogens is 567 g/mol. The Morgan fingerprint density at radius 3 is 2.53 bits per heavy atom. The Kier molecular flexibility index (Phi) is 8.94. The van der Waals surface area contributed by atoms with Crippen LogP contribution in [0, 0.1) is 0 Å². The van der Waals surface area contributed by atoms with Crippen LogP contribution in [0.3, 0.4) is 0 Å². The number of hydrogen-bond donors (Lipinski definition) is 2. The van der Waals surface area contributed by atoms with Gasteiger partial charge in [0, 0.05) is 10.7 Å². The first-order valence-corrected chi connectivity index (χ1v) is 11.3. The second-order valence-corrected chi connectivity index (χ2v) is 8.48. The highest BCUT2D eigenvalue weighted by Gasteiger charge is 2.30. The first kappa shape index (κ1) is 27.0. The molecule has 0 aliphatic rings. The smallest absolute Gasteiger partial charge is 0.416 e. The Morgan fingerprint density at radius 1 is 1.08 bits per heavy atom. The molecule has 0 saturated heterocycles. The monoisotopic (exact) mass is 583 g/mol. The highest BCUT2D eigenvalue weighted by Crippen LogP contribution is 2.37. The number of rotatable bonds is 7. The number of hydrazone groups is 1. The van der Waals surface area contributed by atoms with Gasteiger partial charge in [-0.1, -0.05) is 29.8 Å². The highest BCUT2D eigenvalue weighted by atomic mass is 79.9. The maximum absolute atomic E-state index is 12.8. The predicted octanol–water partition coefficient (Wildman–Crippen LogP) is 5.80. The van der Waals surface area contributed by atoms with Crippen LogP contribution in [0.2, 0.25) is 5.02 Å². The Bertz CT molecular complexity index is 1300. The summed E-state index contributed by atoms with van der Waals surface area (Å²) in [4.78, 5) is 24.0. The van der Waals surface area contributed by atoms with Gasteiger partial charge in [0.2, 0.25) is 0 Å². The molecule has 0 unspecified atom stereocenters. The summed E-state index contributed by atoms with van der Waals surface area (Å²) in [5.74, 6) is -1.55.